The van der Waals surface area contributed by atoms with E-state index >= 15 is 0 Å². The summed E-state index contributed by atoms with van der Waals surface area (Å²) in [5, 5.41) is 6.50. The van der Waals surface area contributed by atoms with Gasteiger partial charge in [0.15, 0.2) is 0 Å². The molecule has 0 aliphatic carbocycles. The first kappa shape index (κ1) is 15.0. The zero-order chi connectivity index (χ0) is 16.2. The van der Waals surface area contributed by atoms with Crippen molar-refractivity contribution in [3.8, 4) is 0 Å². The first-order chi connectivity index (χ1) is 11.1. The van der Waals surface area contributed by atoms with Gasteiger partial charge in [0.05, 0.1) is 0 Å². The summed E-state index contributed by atoms with van der Waals surface area (Å²) in [4.78, 5) is 13.2. The van der Waals surface area contributed by atoms with Crippen LogP contribution in [0.2, 0.25) is 0 Å². The molecule has 0 aliphatic heterocycles. The van der Waals surface area contributed by atoms with Gasteiger partial charge in [0.25, 0.3) is 0 Å². The molecule has 0 atom stereocenters. The molecular formula is C18H19N5. The third kappa shape index (κ3) is 3.63. The van der Waals surface area contributed by atoms with E-state index < -0.39 is 0 Å². The molecule has 0 aliphatic rings. The Bertz CT molecular complexity index is 795. The van der Waals surface area contributed by atoms with E-state index in [4.69, 9.17) is 0 Å². The number of nitrogens with zero attached hydrogens (tertiary/aromatic N) is 3. The van der Waals surface area contributed by atoms with Gasteiger partial charge < -0.3 is 10.6 Å². The molecule has 0 radical (unpaired) electrons. The van der Waals surface area contributed by atoms with Crippen molar-refractivity contribution < 1.29 is 0 Å². The average molecular weight is 305 g/mol. The van der Waals surface area contributed by atoms with Gasteiger partial charge in [-0.15, -0.1) is 0 Å². The Morgan fingerprint density at radius 3 is 1.91 bits per heavy atom. The molecule has 3 aromatic rings. The van der Waals surface area contributed by atoms with E-state index in [1.165, 1.54) is 0 Å². The third-order valence-corrected chi connectivity index (χ3v) is 3.50. The second kappa shape index (κ2) is 6.44. The summed E-state index contributed by atoms with van der Waals surface area (Å²) >= 11 is 0. The Morgan fingerprint density at radius 2 is 1.26 bits per heavy atom. The maximum Gasteiger partial charge on any atom is 0.232 e. The van der Waals surface area contributed by atoms with Gasteiger partial charge in [0.1, 0.15) is 5.82 Å². The van der Waals surface area contributed by atoms with E-state index in [-0.39, 0.29) is 0 Å². The Morgan fingerprint density at radius 1 is 0.652 bits per heavy atom. The van der Waals surface area contributed by atoms with Crippen LogP contribution in [0.25, 0.3) is 0 Å². The number of rotatable bonds is 4. The molecule has 5 nitrogen and oxygen atoms in total. The summed E-state index contributed by atoms with van der Waals surface area (Å²) < 4.78 is 0. The van der Waals surface area contributed by atoms with Crippen LogP contribution in [0.5, 0.6) is 0 Å². The van der Waals surface area contributed by atoms with Crippen molar-refractivity contribution in [3.63, 3.8) is 0 Å². The number of hydrogen-bond acceptors (Lipinski definition) is 5. The quantitative estimate of drug-likeness (QED) is 0.753. The van der Waals surface area contributed by atoms with Gasteiger partial charge in [-0.05, 0) is 44.0 Å². The number of aryl methyl sites for hydroxylation is 3. The van der Waals surface area contributed by atoms with E-state index in [1.807, 2.05) is 43.3 Å². The van der Waals surface area contributed by atoms with Crippen molar-refractivity contribution in [2.75, 3.05) is 10.6 Å². The number of nitrogens with one attached hydrogen (secondary N) is 2. The molecule has 116 valence electrons. The maximum atomic E-state index is 4.46. The average Bonchev–Trinajstić information content (AvgIpc) is 2.51. The molecule has 3 rings (SSSR count). The van der Waals surface area contributed by atoms with Crippen molar-refractivity contribution in [1.29, 1.82) is 0 Å². The minimum atomic E-state index is 0.525. The van der Waals surface area contributed by atoms with Crippen LogP contribution in [-0.2, 0) is 0 Å². The lowest BCUT2D eigenvalue weighted by atomic mass is 10.1. The fourth-order valence-corrected chi connectivity index (χ4v) is 2.37. The first-order valence-electron chi connectivity index (χ1n) is 7.50. The van der Waals surface area contributed by atoms with E-state index in [1.54, 1.807) is 0 Å². The van der Waals surface area contributed by atoms with Gasteiger partial charge in [-0.1, -0.05) is 36.4 Å². The van der Waals surface area contributed by atoms with Crippen LogP contribution in [0.3, 0.4) is 0 Å². The van der Waals surface area contributed by atoms with E-state index in [9.17, 15) is 0 Å². The Labute approximate surface area is 135 Å². The monoisotopic (exact) mass is 305 g/mol. The molecule has 5 heteroatoms. The number of para-hydroxylation sites is 2. The molecule has 0 saturated heterocycles. The largest absolute Gasteiger partial charge is 0.324 e. The molecule has 0 bridgehead atoms. The Balaban J connectivity index is 1.89. The summed E-state index contributed by atoms with van der Waals surface area (Å²) in [7, 11) is 0. The number of hydrogen-bond donors (Lipinski definition) is 2. The normalized spacial score (nSPS) is 10.4. The summed E-state index contributed by atoms with van der Waals surface area (Å²) in [5.41, 5.74) is 4.28. The lowest BCUT2D eigenvalue weighted by molar-refractivity contribution is 0.988. The van der Waals surface area contributed by atoms with Gasteiger partial charge in [0, 0.05) is 11.4 Å². The molecule has 0 spiro atoms. The van der Waals surface area contributed by atoms with E-state index in [0.29, 0.717) is 17.7 Å². The van der Waals surface area contributed by atoms with E-state index in [0.717, 1.165) is 22.5 Å². The van der Waals surface area contributed by atoms with Crippen LogP contribution in [0.4, 0.5) is 23.3 Å². The Kier molecular flexibility index (Phi) is 4.19. The van der Waals surface area contributed by atoms with Crippen molar-refractivity contribution in [2.24, 2.45) is 0 Å². The van der Waals surface area contributed by atoms with Gasteiger partial charge >= 0.3 is 0 Å². The van der Waals surface area contributed by atoms with Crippen molar-refractivity contribution in [2.45, 2.75) is 20.8 Å². The minimum absolute atomic E-state index is 0.525. The van der Waals surface area contributed by atoms with Crippen molar-refractivity contribution >= 4 is 23.3 Å². The smallest absolute Gasteiger partial charge is 0.232 e. The highest BCUT2D eigenvalue weighted by Gasteiger charge is 2.08. The van der Waals surface area contributed by atoms with Crippen molar-refractivity contribution in [3.05, 3.63) is 65.5 Å². The summed E-state index contributed by atoms with van der Waals surface area (Å²) in [6.07, 6.45) is 0. The molecule has 0 saturated carbocycles. The van der Waals surface area contributed by atoms with Gasteiger partial charge in [0.2, 0.25) is 11.9 Å². The summed E-state index contributed by atoms with van der Waals surface area (Å²) in [6, 6.07) is 16.0. The van der Waals surface area contributed by atoms with Crippen LogP contribution >= 0.6 is 0 Å². The summed E-state index contributed by atoms with van der Waals surface area (Å²) in [5.74, 6) is 1.72. The second-order valence-corrected chi connectivity index (χ2v) is 5.41. The zero-order valence-electron chi connectivity index (χ0n) is 13.5. The van der Waals surface area contributed by atoms with Crippen LogP contribution < -0.4 is 10.6 Å². The highest BCUT2D eigenvalue weighted by Crippen LogP contribution is 2.23. The van der Waals surface area contributed by atoms with E-state index in [2.05, 4.69) is 51.6 Å². The highest BCUT2D eigenvalue weighted by atomic mass is 15.2. The maximum absolute atomic E-state index is 4.46. The molecule has 2 aromatic carbocycles. The molecule has 0 amide bonds. The first-order valence-corrected chi connectivity index (χ1v) is 7.50. The lowest BCUT2D eigenvalue weighted by Gasteiger charge is -2.12. The minimum Gasteiger partial charge on any atom is -0.324 e. The SMILES string of the molecule is Cc1nc(Nc2ccccc2)nc(Nc2c(C)cccc2C)n1. The van der Waals surface area contributed by atoms with Crippen LogP contribution in [0, 0.1) is 20.8 Å². The number of anilines is 4. The third-order valence-electron chi connectivity index (χ3n) is 3.50. The molecule has 1 aromatic heterocycles. The second-order valence-electron chi connectivity index (χ2n) is 5.41. The standard InChI is InChI=1S/C18H19N5/c1-12-8-7-9-13(2)16(12)22-18-20-14(3)19-17(23-18)21-15-10-5-4-6-11-15/h4-11H,1-3H3,(H2,19,20,21,22,23). The van der Waals surface area contributed by atoms with Crippen molar-refractivity contribution in [1.82, 2.24) is 15.0 Å². The molecule has 1 heterocycles. The van der Waals surface area contributed by atoms with Crippen LogP contribution in [0.15, 0.2) is 48.5 Å². The number of aromatic nitrogens is 3. The van der Waals surface area contributed by atoms with Gasteiger partial charge in [-0.2, -0.15) is 15.0 Å². The molecular weight excluding hydrogens is 286 g/mol. The fourth-order valence-electron chi connectivity index (χ4n) is 2.37. The predicted molar refractivity (Wildman–Crippen MR) is 93.5 cm³/mol. The topological polar surface area (TPSA) is 62.7 Å². The highest BCUT2D eigenvalue weighted by molar-refractivity contribution is 5.63. The fraction of sp³-hybridized carbons (Fsp3) is 0.167. The molecule has 0 unspecified atom stereocenters. The predicted octanol–water partition coefficient (Wildman–Crippen LogP) is 4.28. The van der Waals surface area contributed by atoms with Gasteiger partial charge in [-0.3, -0.25) is 0 Å². The lowest BCUT2D eigenvalue weighted by Crippen LogP contribution is -2.06. The number of benzene rings is 2. The zero-order valence-corrected chi connectivity index (χ0v) is 13.5. The summed E-state index contributed by atoms with van der Waals surface area (Å²) in [6.45, 7) is 5.98. The van der Waals surface area contributed by atoms with Crippen LogP contribution in [-0.4, -0.2) is 15.0 Å². The van der Waals surface area contributed by atoms with Crippen LogP contribution in [0.1, 0.15) is 17.0 Å². The van der Waals surface area contributed by atoms with Gasteiger partial charge in [-0.25, -0.2) is 0 Å². The molecule has 2 N–H and O–H groups in total. The molecule has 23 heavy (non-hydrogen) atoms. The molecule has 0 fully saturated rings. The Hall–Kier alpha value is -2.95.